The Bertz CT molecular complexity index is 1100. The van der Waals surface area contributed by atoms with E-state index in [4.69, 9.17) is 0 Å². The van der Waals surface area contributed by atoms with Crippen LogP contribution in [0.3, 0.4) is 0 Å². The number of nitrogens with one attached hydrogen (secondary N) is 2. The van der Waals surface area contributed by atoms with Crippen LogP contribution in [-0.2, 0) is 24.2 Å². The highest BCUT2D eigenvalue weighted by atomic mass is 16.2. The van der Waals surface area contributed by atoms with E-state index in [1.165, 1.54) is 16.5 Å². The maximum atomic E-state index is 12.7. The Kier molecular flexibility index (Phi) is 5.84. The monoisotopic (exact) mass is 430 g/mol. The summed E-state index contributed by atoms with van der Waals surface area (Å²) in [5.41, 5.74) is 4.88. The molecule has 1 saturated heterocycles. The summed E-state index contributed by atoms with van der Waals surface area (Å²) in [4.78, 5) is 32.5. The molecule has 2 aliphatic rings. The summed E-state index contributed by atoms with van der Waals surface area (Å²) in [5, 5.41) is 4.09. The third-order valence-corrected chi connectivity index (χ3v) is 6.90. The predicted molar refractivity (Wildman–Crippen MR) is 125 cm³/mol. The summed E-state index contributed by atoms with van der Waals surface area (Å²) in [6, 6.07) is 18.6. The second-order valence-electron chi connectivity index (χ2n) is 8.97. The van der Waals surface area contributed by atoms with Crippen molar-refractivity contribution in [3.8, 4) is 0 Å². The first kappa shape index (κ1) is 20.6. The molecule has 0 unspecified atom stereocenters. The maximum absolute atomic E-state index is 12.7. The first-order valence-corrected chi connectivity index (χ1v) is 11.6. The molecule has 32 heavy (non-hydrogen) atoms. The topological polar surface area (TPSA) is 68.4 Å². The van der Waals surface area contributed by atoms with E-state index in [-0.39, 0.29) is 18.5 Å². The highest BCUT2D eigenvalue weighted by Gasteiger charge is 2.26. The standard InChI is InChI=1S/C26H30N4O2/c31-25(29-13-10-20(11-14-29)16-19-6-2-1-3-7-19)17-27-26(32)30-15-12-22-21-8-4-5-9-23(21)28-24(22)18-30/h1-9,20,28H,10-18H2,(H,27,32). The number of hydrogen-bond acceptors (Lipinski definition) is 2. The molecular formula is C26H30N4O2. The number of likely N-dealkylation sites (tertiary alicyclic amines) is 1. The number of fused-ring (bicyclic) bond motifs is 3. The van der Waals surface area contributed by atoms with E-state index >= 15 is 0 Å². The van der Waals surface area contributed by atoms with E-state index in [2.05, 4.69) is 46.7 Å². The number of urea groups is 1. The largest absolute Gasteiger partial charge is 0.357 e. The summed E-state index contributed by atoms with van der Waals surface area (Å²) in [6.07, 6.45) is 3.94. The Morgan fingerprint density at radius 2 is 1.69 bits per heavy atom. The molecule has 0 radical (unpaired) electrons. The van der Waals surface area contributed by atoms with Crippen LogP contribution in [0.15, 0.2) is 54.6 Å². The molecule has 1 aromatic heterocycles. The van der Waals surface area contributed by atoms with Gasteiger partial charge in [-0.05, 0) is 48.8 Å². The van der Waals surface area contributed by atoms with Crippen LogP contribution in [-0.4, -0.2) is 52.9 Å². The Balaban J connectivity index is 1.09. The van der Waals surface area contributed by atoms with Gasteiger partial charge in [-0.3, -0.25) is 4.79 Å². The Morgan fingerprint density at radius 3 is 2.50 bits per heavy atom. The lowest BCUT2D eigenvalue weighted by Crippen LogP contribution is -2.48. The molecule has 2 N–H and O–H groups in total. The number of aromatic amines is 1. The van der Waals surface area contributed by atoms with Crippen LogP contribution in [0, 0.1) is 5.92 Å². The summed E-state index contributed by atoms with van der Waals surface area (Å²) >= 11 is 0. The van der Waals surface area contributed by atoms with Gasteiger partial charge in [0, 0.05) is 36.2 Å². The van der Waals surface area contributed by atoms with Crippen molar-refractivity contribution in [1.82, 2.24) is 20.1 Å². The second-order valence-corrected chi connectivity index (χ2v) is 8.97. The number of aromatic nitrogens is 1. The van der Waals surface area contributed by atoms with Gasteiger partial charge in [0.1, 0.15) is 0 Å². The van der Waals surface area contributed by atoms with Crippen molar-refractivity contribution in [3.63, 3.8) is 0 Å². The number of amides is 3. The van der Waals surface area contributed by atoms with Gasteiger partial charge >= 0.3 is 6.03 Å². The molecule has 6 heteroatoms. The van der Waals surface area contributed by atoms with Crippen molar-refractivity contribution in [3.05, 3.63) is 71.4 Å². The van der Waals surface area contributed by atoms with E-state index in [0.29, 0.717) is 19.0 Å². The summed E-state index contributed by atoms with van der Waals surface area (Å²) in [7, 11) is 0. The Morgan fingerprint density at radius 1 is 0.938 bits per heavy atom. The molecule has 0 spiro atoms. The normalized spacial score (nSPS) is 16.8. The molecule has 0 aliphatic carbocycles. The van der Waals surface area contributed by atoms with Gasteiger partial charge in [0.05, 0.1) is 13.1 Å². The minimum atomic E-state index is -0.165. The van der Waals surface area contributed by atoms with Gasteiger partial charge < -0.3 is 20.1 Å². The molecule has 166 valence electrons. The summed E-state index contributed by atoms with van der Waals surface area (Å²) in [6.45, 7) is 2.83. The van der Waals surface area contributed by atoms with Crippen molar-refractivity contribution < 1.29 is 9.59 Å². The number of rotatable bonds is 4. The molecule has 2 aromatic carbocycles. The molecule has 3 aromatic rings. The quantitative estimate of drug-likeness (QED) is 0.662. The SMILES string of the molecule is O=C(CNC(=O)N1CCc2c([nH]c3ccccc23)C1)N1CCC(Cc2ccccc2)CC1. The molecule has 2 aliphatic heterocycles. The lowest BCUT2D eigenvalue weighted by atomic mass is 9.90. The van der Waals surface area contributed by atoms with E-state index in [9.17, 15) is 9.59 Å². The molecule has 0 saturated carbocycles. The summed E-state index contributed by atoms with van der Waals surface area (Å²) < 4.78 is 0. The minimum absolute atomic E-state index is 0.0137. The summed E-state index contributed by atoms with van der Waals surface area (Å²) in [5.74, 6) is 0.634. The highest BCUT2D eigenvalue weighted by molar-refractivity contribution is 5.86. The smallest absolute Gasteiger partial charge is 0.318 e. The zero-order valence-electron chi connectivity index (χ0n) is 18.3. The van der Waals surface area contributed by atoms with Crippen molar-refractivity contribution in [2.45, 2.75) is 32.2 Å². The molecule has 5 rings (SSSR count). The fourth-order valence-corrected chi connectivity index (χ4v) is 5.08. The molecule has 3 heterocycles. The average molecular weight is 431 g/mol. The first-order valence-electron chi connectivity index (χ1n) is 11.6. The van der Waals surface area contributed by atoms with Crippen molar-refractivity contribution in [1.29, 1.82) is 0 Å². The Labute approximate surface area is 188 Å². The van der Waals surface area contributed by atoms with Crippen LogP contribution in [0.25, 0.3) is 10.9 Å². The molecule has 1 fully saturated rings. The van der Waals surface area contributed by atoms with Gasteiger partial charge in [0.2, 0.25) is 5.91 Å². The number of carbonyl (C=O) groups excluding carboxylic acids is 2. The number of piperidine rings is 1. The number of carbonyl (C=O) groups is 2. The second kappa shape index (κ2) is 9.07. The van der Waals surface area contributed by atoms with Crippen molar-refractivity contribution in [2.24, 2.45) is 5.92 Å². The van der Waals surface area contributed by atoms with Gasteiger partial charge in [-0.2, -0.15) is 0 Å². The van der Waals surface area contributed by atoms with Gasteiger partial charge in [0.15, 0.2) is 0 Å². The van der Waals surface area contributed by atoms with Gasteiger partial charge in [0.25, 0.3) is 0 Å². The third-order valence-electron chi connectivity index (χ3n) is 6.90. The van der Waals surface area contributed by atoms with Gasteiger partial charge in [-0.15, -0.1) is 0 Å². The number of H-pyrrole nitrogens is 1. The van der Waals surface area contributed by atoms with Gasteiger partial charge in [-0.25, -0.2) is 4.79 Å². The third kappa shape index (κ3) is 4.35. The van der Waals surface area contributed by atoms with Crippen molar-refractivity contribution in [2.75, 3.05) is 26.2 Å². The number of hydrogen-bond donors (Lipinski definition) is 2. The van der Waals surface area contributed by atoms with E-state index < -0.39 is 0 Å². The Hall–Kier alpha value is -3.28. The van der Waals surface area contributed by atoms with Crippen LogP contribution in [0.5, 0.6) is 0 Å². The van der Waals surface area contributed by atoms with E-state index in [0.717, 1.165) is 50.0 Å². The number of benzene rings is 2. The molecular weight excluding hydrogens is 400 g/mol. The van der Waals surface area contributed by atoms with Crippen LogP contribution >= 0.6 is 0 Å². The van der Waals surface area contributed by atoms with Crippen LogP contribution < -0.4 is 5.32 Å². The number of para-hydroxylation sites is 1. The average Bonchev–Trinajstić information content (AvgIpc) is 3.21. The highest BCUT2D eigenvalue weighted by Crippen LogP contribution is 2.27. The molecule has 0 bridgehead atoms. The minimum Gasteiger partial charge on any atom is -0.357 e. The predicted octanol–water partition coefficient (Wildman–Crippen LogP) is 3.72. The van der Waals surface area contributed by atoms with E-state index in [1.807, 2.05) is 23.1 Å². The lowest BCUT2D eigenvalue weighted by molar-refractivity contribution is -0.131. The zero-order valence-corrected chi connectivity index (χ0v) is 18.3. The van der Waals surface area contributed by atoms with Crippen LogP contribution in [0.2, 0.25) is 0 Å². The molecule has 3 amide bonds. The van der Waals surface area contributed by atoms with Crippen LogP contribution in [0.4, 0.5) is 4.79 Å². The fraction of sp³-hybridized carbons (Fsp3) is 0.385. The van der Waals surface area contributed by atoms with E-state index in [1.54, 1.807) is 4.90 Å². The van der Waals surface area contributed by atoms with Crippen LogP contribution in [0.1, 0.15) is 29.7 Å². The maximum Gasteiger partial charge on any atom is 0.318 e. The fourth-order valence-electron chi connectivity index (χ4n) is 5.08. The zero-order chi connectivity index (χ0) is 21.9. The molecule has 6 nitrogen and oxygen atoms in total. The van der Waals surface area contributed by atoms with Crippen molar-refractivity contribution >= 4 is 22.8 Å². The lowest BCUT2D eigenvalue weighted by Gasteiger charge is -2.32. The van der Waals surface area contributed by atoms with Gasteiger partial charge in [-0.1, -0.05) is 48.5 Å². The number of nitrogens with zero attached hydrogens (tertiary/aromatic N) is 2. The molecule has 0 atom stereocenters. The first-order chi connectivity index (χ1) is 15.7.